The zero-order valence-corrected chi connectivity index (χ0v) is 9.59. The number of carbonyl (C=O) groups excluding carboxylic acids is 1. The zero-order valence-electron chi connectivity index (χ0n) is 8.84. The Morgan fingerprint density at radius 1 is 1.62 bits per heavy atom. The molecule has 0 aliphatic heterocycles. The van der Waals surface area contributed by atoms with Crippen molar-refractivity contribution in [3.05, 3.63) is 34.6 Å². The molecule has 16 heavy (non-hydrogen) atoms. The highest BCUT2D eigenvalue weighted by Gasteiger charge is 2.14. The summed E-state index contributed by atoms with van der Waals surface area (Å²) < 4.78 is 12.7. The van der Waals surface area contributed by atoms with Crippen LogP contribution in [-0.2, 0) is 0 Å². The molecule has 0 bridgehead atoms. The monoisotopic (exact) mass is 245 g/mol. The van der Waals surface area contributed by atoms with Crippen molar-refractivity contribution in [2.24, 2.45) is 0 Å². The molecule has 1 aromatic carbocycles. The van der Waals surface area contributed by atoms with Gasteiger partial charge >= 0.3 is 0 Å². The van der Waals surface area contributed by atoms with Crippen LogP contribution in [0.2, 0.25) is 5.02 Å². The van der Waals surface area contributed by atoms with Gasteiger partial charge in [-0.1, -0.05) is 18.5 Å². The quantitative estimate of drug-likeness (QED) is 0.852. The predicted octanol–water partition coefficient (Wildman–Crippen LogP) is 1.98. The highest BCUT2D eigenvalue weighted by Crippen LogP contribution is 2.17. The summed E-state index contributed by atoms with van der Waals surface area (Å²) in [5, 5.41) is 11.6. The van der Waals surface area contributed by atoms with Crippen molar-refractivity contribution >= 4 is 17.5 Å². The lowest BCUT2D eigenvalue weighted by molar-refractivity contribution is 0.0915. The van der Waals surface area contributed by atoms with Crippen LogP contribution in [0.3, 0.4) is 0 Å². The number of aliphatic hydroxyl groups is 1. The van der Waals surface area contributed by atoms with Gasteiger partial charge in [0.15, 0.2) is 0 Å². The fraction of sp³-hybridized carbons (Fsp3) is 0.364. The van der Waals surface area contributed by atoms with Crippen LogP contribution in [-0.4, -0.2) is 23.7 Å². The number of hydrogen-bond donors (Lipinski definition) is 2. The smallest absolute Gasteiger partial charge is 0.253 e. The number of carbonyl (C=O) groups is 1. The first-order chi connectivity index (χ1) is 7.58. The highest BCUT2D eigenvalue weighted by molar-refractivity contribution is 6.33. The van der Waals surface area contributed by atoms with Crippen LogP contribution in [0.15, 0.2) is 18.2 Å². The maximum Gasteiger partial charge on any atom is 0.253 e. The van der Waals surface area contributed by atoms with Crippen LogP contribution in [0, 0.1) is 5.82 Å². The Morgan fingerprint density at radius 3 is 2.81 bits per heavy atom. The van der Waals surface area contributed by atoms with E-state index in [9.17, 15) is 9.18 Å². The van der Waals surface area contributed by atoms with Crippen LogP contribution >= 0.6 is 11.6 Å². The van der Waals surface area contributed by atoms with Crippen molar-refractivity contribution < 1.29 is 14.3 Å². The van der Waals surface area contributed by atoms with E-state index in [1.807, 2.05) is 6.92 Å². The first-order valence-electron chi connectivity index (χ1n) is 4.95. The second kappa shape index (κ2) is 5.82. The standard InChI is InChI=1S/C11H13ClFNO2/c1-2-8(6-15)14-11(16)9-4-3-7(13)5-10(9)12/h3-5,8,15H,2,6H2,1H3,(H,14,16). The minimum Gasteiger partial charge on any atom is -0.394 e. The summed E-state index contributed by atoms with van der Waals surface area (Å²) in [5.74, 6) is -0.901. The van der Waals surface area contributed by atoms with E-state index in [0.717, 1.165) is 6.07 Å². The minimum absolute atomic E-state index is 0.0605. The van der Waals surface area contributed by atoms with E-state index in [0.29, 0.717) is 6.42 Å². The average Bonchev–Trinajstić information content (AvgIpc) is 2.25. The molecule has 0 aliphatic carbocycles. The van der Waals surface area contributed by atoms with Gasteiger partial charge in [-0.2, -0.15) is 0 Å². The van der Waals surface area contributed by atoms with Crippen molar-refractivity contribution in [2.45, 2.75) is 19.4 Å². The van der Waals surface area contributed by atoms with Crippen molar-refractivity contribution in [3.8, 4) is 0 Å². The molecule has 0 aliphatic rings. The lowest BCUT2D eigenvalue weighted by Crippen LogP contribution is -2.37. The molecule has 0 aromatic heterocycles. The Kier molecular flexibility index (Phi) is 4.71. The summed E-state index contributed by atoms with van der Waals surface area (Å²) in [6.45, 7) is 1.70. The number of hydrogen-bond acceptors (Lipinski definition) is 2. The first kappa shape index (κ1) is 12.9. The van der Waals surface area contributed by atoms with E-state index in [1.165, 1.54) is 12.1 Å². The summed E-state index contributed by atoms with van der Waals surface area (Å²) in [6, 6.07) is 3.25. The Hall–Kier alpha value is -1.13. The minimum atomic E-state index is -0.490. The maximum atomic E-state index is 12.7. The molecule has 5 heteroatoms. The van der Waals surface area contributed by atoms with Crippen molar-refractivity contribution in [3.63, 3.8) is 0 Å². The summed E-state index contributed by atoms with van der Waals surface area (Å²) in [4.78, 5) is 11.7. The topological polar surface area (TPSA) is 49.3 Å². The first-order valence-corrected chi connectivity index (χ1v) is 5.33. The summed E-state index contributed by atoms with van der Waals surface area (Å²) in [5.41, 5.74) is 0.204. The molecule has 1 amide bonds. The molecule has 0 heterocycles. The molecule has 0 saturated carbocycles. The lowest BCUT2D eigenvalue weighted by Gasteiger charge is -2.14. The summed E-state index contributed by atoms with van der Waals surface area (Å²) in [6.07, 6.45) is 0.612. The third kappa shape index (κ3) is 3.18. The zero-order chi connectivity index (χ0) is 12.1. The van der Waals surface area contributed by atoms with Gasteiger partial charge in [0, 0.05) is 0 Å². The van der Waals surface area contributed by atoms with E-state index in [2.05, 4.69) is 5.32 Å². The molecule has 0 saturated heterocycles. The van der Waals surface area contributed by atoms with Gasteiger partial charge in [-0.3, -0.25) is 4.79 Å². The molecule has 0 radical (unpaired) electrons. The lowest BCUT2D eigenvalue weighted by atomic mass is 10.1. The van der Waals surface area contributed by atoms with E-state index < -0.39 is 11.7 Å². The number of benzene rings is 1. The second-order valence-electron chi connectivity index (χ2n) is 3.39. The highest BCUT2D eigenvalue weighted by atomic mass is 35.5. The second-order valence-corrected chi connectivity index (χ2v) is 3.79. The fourth-order valence-electron chi connectivity index (χ4n) is 1.21. The van der Waals surface area contributed by atoms with Gasteiger partial charge in [-0.05, 0) is 24.6 Å². The normalized spacial score (nSPS) is 12.2. The fourth-order valence-corrected chi connectivity index (χ4v) is 1.47. The molecule has 2 N–H and O–H groups in total. The van der Waals surface area contributed by atoms with E-state index in [-0.39, 0.29) is 23.2 Å². The molecular weight excluding hydrogens is 233 g/mol. The predicted molar refractivity (Wildman–Crippen MR) is 60.0 cm³/mol. The van der Waals surface area contributed by atoms with E-state index in [4.69, 9.17) is 16.7 Å². The van der Waals surface area contributed by atoms with Gasteiger partial charge in [0.25, 0.3) is 5.91 Å². The van der Waals surface area contributed by atoms with Gasteiger partial charge in [0.2, 0.25) is 0 Å². The summed E-state index contributed by atoms with van der Waals surface area (Å²) >= 11 is 5.73. The molecule has 1 unspecified atom stereocenters. The van der Waals surface area contributed by atoms with E-state index >= 15 is 0 Å². The van der Waals surface area contributed by atoms with Crippen LogP contribution in [0.5, 0.6) is 0 Å². The third-order valence-electron chi connectivity index (χ3n) is 2.22. The SMILES string of the molecule is CCC(CO)NC(=O)c1ccc(F)cc1Cl. The molecule has 3 nitrogen and oxygen atoms in total. The molecule has 1 aromatic rings. The van der Waals surface area contributed by atoms with Crippen LogP contribution in [0.25, 0.3) is 0 Å². The average molecular weight is 246 g/mol. The van der Waals surface area contributed by atoms with Crippen LogP contribution in [0.1, 0.15) is 23.7 Å². The van der Waals surface area contributed by atoms with Crippen LogP contribution < -0.4 is 5.32 Å². The van der Waals surface area contributed by atoms with Crippen molar-refractivity contribution in [1.82, 2.24) is 5.32 Å². The van der Waals surface area contributed by atoms with Gasteiger partial charge in [-0.15, -0.1) is 0 Å². The molecular formula is C11H13ClFNO2. The Morgan fingerprint density at radius 2 is 2.31 bits per heavy atom. The number of rotatable bonds is 4. The molecule has 88 valence electrons. The molecule has 1 atom stereocenters. The van der Waals surface area contributed by atoms with E-state index in [1.54, 1.807) is 0 Å². The van der Waals surface area contributed by atoms with Gasteiger partial charge in [0.1, 0.15) is 5.82 Å². The largest absolute Gasteiger partial charge is 0.394 e. The van der Waals surface area contributed by atoms with Crippen molar-refractivity contribution in [2.75, 3.05) is 6.61 Å². The van der Waals surface area contributed by atoms with Gasteiger partial charge in [0.05, 0.1) is 23.2 Å². The maximum absolute atomic E-state index is 12.7. The number of halogens is 2. The third-order valence-corrected chi connectivity index (χ3v) is 2.54. The van der Waals surface area contributed by atoms with Crippen molar-refractivity contribution in [1.29, 1.82) is 0 Å². The molecule has 0 spiro atoms. The number of amides is 1. The molecule has 1 rings (SSSR count). The Bertz CT molecular complexity index is 380. The van der Waals surface area contributed by atoms with Crippen LogP contribution in [0.4, 0.5) is 4.39 Å². The number of aliphatic hydroxyl groups excluding tert-OH is 1. The van der Waals surface area contributed by atoms with Gasteiger partial charge < -0.3 is 10.4 Å². The number of nitrogens with one attached hydrogen (secondary N) is 1. The summed E-state index contributed by atoms with van der Waals surface area (Å²) in [7, 11) is 0. The molecule has 0 fully saturated rings. The Labute approximate surface area is 98.2 Å². The Balaban J connectivity index is 2.80. The van der Waals surface area contributed by atoms with Gasteiger partial charge in [-0.25, -0.2) is 4.39 Å².